The Morgan fingerprint density at radius 1 is 1.15 bits per heavy atom. The molecule has 0 aromatic heterocycles. The number of benzene rings is 2. The molecule has 0 unspecified atom stereocenters. The normalized spacial score (nSPS) is 12.2. The number of aliphatic hydroxyl groups is 1. The van der Waals surface area contributed by atoms with E-state index in [1.54, 1.807) is 6.92 Å². The molecular weight excluding hydrogens is 314 g/mol. The number of anilines is 2. The second kappa shape index (κ2) is 6.42. The lowest BCUT2D eigenvalue weighted by Gasteiger charge is -2.25. The predicted molar refractivity (Wildman–Crippen MR) is 88.6 cm³/mol. The zero-order chi connectivity index (χ0) is 14.7. The molecule has 0 fully saturated rings. The van der Waals surface area contributed by atoms with Gasteiger partial charge in [0.25, 0.3) is 0 Å². The average Bonchev–Trinajstić information content (AvgIpc) is 2.43. The molecule has 1 atom stereocenters. The third kappa shape index (κ3) is 3.22. The summed E-state index contributed by atoms with van der Waals surface area (Å²) in [5, 5.41) is 9.65. The number of nitrogens with zero attached hydrogens (tertiary/aromatic N) is 1. The van der Waals surface area contributed by atoms with E-state index in [0.717, 1.165) is 22.3 Å². The van der Waals surface area contributed by atoms with Crippen molar-refractivity contribution in [2.24, 2.45) is 0 Å². The zero-order valence-electron chi connectivity index (χ0n) is 12.1. The summed E-state index contributed by atoms with van der Waals surface area (Å²) in [5.41, 5.74) is 4.46. The number of aryl methyl sites for hydroxylation is 1. The van der Waals surface area contributed by atoms with E-state index >= 15 is 0 Å². The lowest BCUT2D eigenvalue weighted by atomic mass is 10.1. The first-order chi connectivity index (χ1) is 9.52. The molecule has 20 heavy (non-hydrogen) atoms. The zero-order valence-corrected chi connectivity index (χ0v) is 13.7. The van der Waals surface area contributed by atoms with Gasteiger partial charge in [-0.1, -0.05) is 23.8 Å². The van der Waals surface area contributed by atoms with Gasteiger partial charge in [0.15, 0.2) is 0 Å². The van der Waals surface area contributed by atoms with E-state index in [1.165, 1.54) is 11.3 Å². The Morgan fingerprint density at radius 2 is 1.80 bits per heavy atom. The van der Waals surface area contributed by atoms with E-state index in [2.05, 4.69) is 65.0 Å². The fourth-order valence-electron chi connectivity index (χ4n) is 2.22. The van der Waals surface area contributed by atoms with Crippen LogP contribution in [0.3, 0.4) is 0 Å². The van der Waals surface area contributed by atoms with Gasteiger partial charge in [-0.15, -0.1) is 0 Å². The summed E-state index contributed by atoms with van der Waals surface area (Å²) in [6.07, 6.45) is -0.449. The minimum Gasteiger partial charge on any atom is -0.389 e. The van der Waals surface area contributed by atoms with Crippen molar-refractivity contribution in [2.75, 3.05) is 11.4 Å². The molecule has 0 radical (unpaired) electrons. The van der Waals surface area contributed by atoms with Crippen molar-refractivity contribution in [3.63, 3.8) is 0 Å². The van der Waals surface area contributed by atoms with Gasteiger partial charge in [0.2, 0.25) is 0 Å². The maximum Gasteiger partial charge on any atom is 0.0762 e. The summed E-state index contributed by atoms with van der Waals surface area (Å²) in [5.74, 6) is 0. The van der Waals surface area contributed by atoms with Crippen LogP contribution in [0.25, 0.3) is 0 Å². The van der Waals surface area contributed by atoms with Gasteiger partial charge in [0, 0.05) is 16.7 Å². The van der Waals surface area contributed by atoms with Crippen molar-refractivity contribution in [2.45, 2.75) is 26.9 Å². The van der Waals surface area contributed by atoms with Gasteiger partial charge in [-0.05, 0) is 66.5 Å². The van der Waals surface area contributed by atoms with Crippen molar-refractivity contribution in [1.82, 2.24) is 0 Å². The van der Waals surface area contributed by atoms with Crippen molar-refractivity contribution < 1.29 is 5.11 Å². The summed E-state index contributed by atoms with van der Waals surface area (Å²) >= 11 is 3.62. The maximum atomic E-state index is 9.65. The Kier molecular flexibility index (Phi) is 4.84. The van der Waals surface area contributed by atoms with Crippen LogP contribution in [0, 0.1) is 6.92 Å². The second-order valence-electron chi connectivity index (χ2n) is 4.97. The van der Waals surface area contributed by atoms with E-state index in [0.29, 0.717) is 0 Å². The molecule has 0 saturated heterocycles. The molecule has 106 valence electrons. The molecule has 0 spiro atoms. The minimum atomic E-state index is -0.449. The summed E-state index contributed by atoms with van der Waals surface area (Å²) in [6.45, 7) is 6.89. The van der Waals surface area contributed by atoms with E-state index in [4.69, 9.17) is 0 Å². The molecule has 3 heteroatoms. The molecule has 2 aromatic rings. The Hall–Kier alpha value is -1.32. The van der Waals surface area contributed by atoms with Crippen molar-refractivity contribution in [3.8, 4) is 0 Å². The summed E-state index contributed by atoms with van der Waals surface area (Å²) in [6, 6.07) is 14.5. The first kappa shape index (κ1) is 15.1. The SMILES string of the molecule is CCN(c1ccc(C)cc1)c1ccc([C@H](C)O)cc1Br. The van der Waals surface area contributed by atoms with Crippen LogP contribution in [0.5, 0.6) is 0 Å². The van der Waals surface area contributed by atoms with Gasteiger partial charge < -0.3 is 10.0 Å². The van der Waals surface area contributed by atoms with Crippen LogP contribution in [0.4, 0.5) is 11.4 Å². The highest BCUT2D eigenvalue weighted by Gasteiger charge is 2.12. The summed E-state index contributed by atoms with van der Waals surface area (Å²) in [4.78, 5) is 2.25. The molecule has 0 aliphatic heterocycles. The molecule has 0 saturated carbocycles. The molecule has 0 aliphatic rings. The Labute approximate surface area is 129 Å². The molecule has 0 heterocycles. The van der Waals surface area contributed by atoms with E-state index in [9.17, 15) is 5.11 Å². The monoisotopic (exact) mass is 333 g/mol. The van der Waals surface area contributed by atoms with Gasteiger partial charge in [0.1, 0.15) is 0 Å². The highest BCUT2D eigenvalue weighted by molar-refractivity contribution is 9.10. The fraction of sp³-hybridized carbons (Fsp3) is 0.294. The maximum absolute atomic E-state index is 9.65. The molecule has 2 aromatic carbocycles. The van der Waals surface area contributed by atoms with Crippen LogP contribution in [0.15, 0.2) is 46.9 Å². The lowest BCUT2D eigenvalue weighted by molar-refractivity contribution is 0.199. The Balaban J connectivity index is 2.39. The number of halogens is 1. The van der Waals surface area contributed by atoms with Crippen molar-refractivity contribution in [3.05, 3.63) is 58.1 Å². The topological polar surface area (TPSA) is 23.5 Å². The summed E-state index contributed by atoms with van der Waals surface area (Å²) in [7, 11) is 0. The lowest BCUT2D eigenvalue weighted by Crippen LogP contribution is -2.16. The Bertz CT molecular complexity index is 578. The average molecular weight is 334 g/mol. The van der Waals surface area contributed by atoms with Gasteiger partial charge in [-0.25, -0.2) is 0 Å². The van der Waals surface area contributed by atoms with Gasteiger partial charge >= 0.3 is 0 Å². The minimum absolute atomic E-state index is 0.449. The van der Waals surface area contributed by atoms with E-state index in [1.807, 2.05) is 12.1 Å². The molecule has 0 amide bonds. The number of hydrogen-bond donors (Lipinski definition) is 1. The molecule has 0 bridgehead atoms. The largest absolute Gasteiger partial charge is 0.389 e. The smallest absolute Gasteiger partial charge is 0.0762 e. The third-order valence-corrected chi connectivity index (χ3v) is 4.04. The van der Waals surface area contributed by atoms with Crippen LogP contribution in [-0.2, 0) is 0 Å². The van der Waals surface area contributed by atoms with Crippen LogP contribution in [0.2, 0.25) is 0 Å². The van der Waals surface area contributed by atoms with Crippen LogP contribution >= 0.6 is 15.9 Å². The second-order valence-corrected chi connectivity index (χ2v) is 5.82. The van der Waals surface area contributed by atoms with Gasteiger partial charge in [-0.2, -0.15) is 0 Å². The highest BCUT2D eigenvalue weighted by Crippen LogP contribution is 2.34. The third-order valence-electron chi connectivity index (χ3n) is 3.41. The first-order valence-corrected chi connectivity index (χ1v) is 7.64. The molecule has 0 aliphatic carbocycles. The number of hydrogen-bond acceptors (Lipinski definition) is 2. The van der Waals surface area contributed by atoms with Crippen LogP contribution < -0.4 is 4.90 Å². The van der Waals surface area contributed by atoms with Crippen molar-refractivity contribution in [1.29, 1.82) is 0 Å². The van der Waals surface area contributed by atoms with Crippen LogP contribution in [0.1, 0.15) is 31.1 Å². The van der Waals surface area contributed by atoms with E-state index < -0.39 is 6.10 Å². The van der Waals surface area contributed by atoms with Crippen molar-refractivity contribution >= 4 is 27.3 Å². The first-order valence-electron chi connectivity index (χ1n) is 6.84. The molecule has 1 N–H and O–H groups in total. The van der Waals surface area contributed by atoms with Crippen LogP contribution in [-0.4, -0.2) is 11.7 Å². The number of aliphatic hydroxyl groups excluding tert-OH is 1. The molecule has 2 nitrogen and oxygen atoms in total. The molecular formula is C17H20BrNO. The highest BCUT2D eigenvalue weighted by atomic mass is 79.9. The summed E-state index contributed by atoms with van der Waals surface area (Å²) < 4.78 is 0.998. The number of rotatable bonds is 4. The standard InChI is InChI=1S/C17H20BrNO/c1-4-19(15-8-5-12(2)6-9-15)17-10-7-14(13(3)20)11-16(17)18/h5-11,13,20H,4H2,1-3H3/t13-/m0/s1. The quantitative estimate of drug-likeness (QED) is 0.853. The Morgan fingerprint density at radius 3 is 2.30 bits per heavy atom. The fourth-order valence-corrected chi connectivity index (χ4v) is 2.83. The molecule has 2 rings (SSSR count). The van der Waals surface area contributed by atoms with Gasteiger partial charge in [-0.3, -0.25) is 0 Å². The predicted octanol–water partition coefficient (Wildman–Crippen LogP) is 4.97. The van der Waals surface area contributed by atoms with E-state index in [-0.39, 0.29) is 0 Å². The van der Waals surface area contributed by atoms with Gasteiger partial charge in [0.05, 0.1) is 11.8 Å².